The standard InChI is InChI=1S/C32H49N2O2Si/c1-21-16-22-17-25-26-19-29-30(36-15-14-35-29)20-28(26)32(2,3)27(25)18-24(22)31(21)37(7,8)33(34(4,5)6)23-12-10-9-11-13-23/h17-24,31H,9-16H2,1-8H3/q+1. The van der Waals surface area contributed by atoms with Gasteiger partial charge in [-0.2, -0.15) is 4.67 Å². The second-order valence-electron chi connectivity index (χ2n) is 14.5. The smallest absolute Gasteiger partial charge is 0.191 e. The Morgan fingerprint density at radius 3 is 2.24 bits per heavy atom. The molecule has 5 heteroatoms. The molecular weight excluding hydrogens is 472 g/mol. The molecule has 1 aromatic rings. The van der Waals surface area contributed by atoms with E-state index >= 15 is 0 Å². The molecule has 4 unspecified atom stereocenters. The van der Waals surface area contributed by atoms with Crippen molar-refractivity contribution in [2.75, 3.05) is 34.4 Å². The lowest BCUT2D eigenvalue weighted by molar-refractivity contribution is -0.975. The van der Waals surface area contributed by atoms with Crippen molar-refractivity contribution in [3.05, 3.63) is 41.0 Å². The molecule has 0 N–H and O–H groups in total. The monoisotopic (exact) mass is 521 g/mol. The number of quaternary nitrogens is 1. The van der Waals surface area contributed by atoms with Gasteiger partial charge in [-0.15, -0.1) is 0 Å². The zero-order valence-electron chi connectivity index (χ0n) is 24.6. The van der Waals surface area contributed by atoms with E-state index in [9.17, 15) is 0 Å². The molecule has 1 aromatic carbocycles. The molecule has 4 aliphatic carbocycles. The van der Waals surface area contributed by atoms with Crippen molar-refractivity contribution >= 4 is 13.8 Å². The van der Waals surface area contributed by atoms with E-state index in [4.69, 9.17) is 9.47 Å². The minimum atomic E-state index is -1.79. The van der Waals surface area contributed by atoms with Crippen LogP contribution in [0.1, 0.15) is 70.4 Å². The van der Waals surface area contributed by atoms with Gasteiger partial charge in [0.2, 0.25) is 0 Å². The molecule has 2 saturated carbocycles. The van der Waals surface area contributed by atoms with Gasteiger partial charge < -0.3 is 9.47 Å². The van der Waals surface area contributed by atoms with Crippen LogP contribution >= 0.6 is 0 Å². The second-order valence-corrected chi connectivity index (χ2v) is 19.0. The molecule has 0 aromatic heterocycles. The molecule has 0 radical (unpaired) electrons. The maximum absolute atomic E-state index is 6.00. The summed E-state index contributed by atoms with van der Waals surface area (Å²) in [5.74, 6) is 3.88. The summed E-state index contributed by atoms with van der Waals surface area (Å²) < 4.78 is 16.0. The van der Waals surface area contributed by atoms with Crippen molar-refractivity contribution < 1.29 is 14.1 Å². The van der Waals surface area contributed by atoms with Gasteiger partial charge in [0.05, 0.1) is 21.1 Å². The highest BCUT2D eigenvalue weighted by Crippen LogP contribution is 2.61. The minimum Gasteiger partial charge on any atom is -0.486 e. The average Bonchev–Trinajstić information content (AvgIpc) is 3.26. The number of ether oxygens (including phenoxy) is 2. The summed E-state index contributed by atoms with van der Waals surface area (Å²) in [5, 5.41) is 0. The Hall–Kier alpha value is -1.56. The van der Waals surface area contributed by atoms with E-state index in [0.29, 0.717) is 25.0 Å². The fourth-order valence-corrected chi connectivity index (χ4v) is 15.4. The van der Waals surface area contributed by atoms with Crippen LogP contribution in [-0.2, 0) is 5.41 Å². The van der Waals surface area contributed by atoms with Crippen molar-refractivity contribution in [1.29, 1.82) is 0 Å². The first-order valence-electron chi connectivity index (χ1n) is 14.9. The Bertz CT molecular complexity index is 1140. The molecule has 2 fully saturated rings. The van der Waals surface area contributed by atoms with Gasteiger partial charge in [-0.1, -0.05) is 65.3 Å². The Balaban J connectivity index is 1.40. The van der Waals surface area contributed by atoms with Crippen LogP contribution in [0.4, 0.5) is 0 Å². The SMILES string of the molecule is CC1CC2C=C3C(=CC2C1[Si](C)(C)N(C1CCCCC1)[N+](C)(C)C)C(C)(C)c1cc2c(cc13)OCCO2. The predicted molar refractivity (Wildman–Crippen MR) is 155 cm³/mol. The minimum absolute atomic E-state index is 0.00675. The second kappa shape index (κ2) is 8.72. The number of rotatable bonds is 4. The summed E-state index contributed by atoms with van der Waals surface area (Å²) in [6, 6.07) is 5.29. The third-order valence-corrected chi connectivity index (χ3v) is 15.2. The maximum atomic E-state index is 6.00. The summed E-state index contributed by atoms with van der Waals surface area (Å²) >= 11 is 0. The molecule has 5 aliphatic rings. The zero-order chi connectivity index (χ0) is 26.3. The van der Waals surface area contributed by atoms with Crippen molar-refractivity contribution in [3.8, 4) is 11.5 Å². The quantitative estimate of drug-likeness (QED) is 0.238. The lowest BCUT2D eigenvalue weighted by Gasteiger charge is -2.54. The Labute approximate surface area is 226 Å². The van der Waals surface area contributed by atoms with Gasteiger partial charge in [0.15, 0.2) is 19.7 Å². The number of fused-ring (bicyclic) bond motifs is 5. The summed E-state index contributed by atoms with van der Waals surface area (Å²) in [7, 11) is 5.50. The van der Waals surface area contributed by atoms with Crippen LogP contribution in [0.2, 0.25) is 18.6 Å². The normalized spacial score (nSPS) is 30.9. The van der Waals surface area contributed by atoms with Crippen molar-refractivity contribution in [2.24, 2.45) is 17.8 Å². The average molecular weight is 522 g/mol. The Morgan fingerprint density at radius 2 is 1.59 bits per heavy atom. The highest BCUT2D eigenvalue weighted by Gasteiger charge is 2.57. The molecule has 6 rings (SSSR count). The van der Waals surface area contributed by atoms with Gasteiger partial charge in [-0.3, -0.25) is 4.59 Å². The van der Waals surface area contributed by atoms with Gasteiger partial charge >= 0.3 is 0 Å². The highest BCUT2D eigenvalue weighted by molar-refractivity contribution is 6.76. The van der Waals surface area contributed by atoms with Gasteiger partial charge in [0.1, 0.15) is 13.2 Å². The molecule has 1 aliphatic heterocycles. The third-order valence-electron chi connectivity index (χ3n) is 10.5. The summed E-state index contributed by atoms with van der Waals surface area (Å²) in [6.07, 6.45) is 13.7. The van der Waals surface area contributed by atoms with Gasteiger partial charge in [-0.05, 0) is 77.0 Å². The van der Waals surface area contributed by atoms with E-state index < -0.39 is 8.24 Å². The van der Waals surface area contributed by atoms with Crippen molar-refractivity contribution in [3.63, 3.8) is 0 Å². The van der Waals surface area contributed by atoms with E-state index in [0.717, 1.165) is 33.6 Å². The number of nitrogens with zero attached hydrogens (tertiary/aromatic N) is 2. The van der Waals surface area contributed by atoms with E-state index in [1.54, 1.807) is 5.57 Å². The van der Waals surface area contributed by atoms with E-state index in [-0.39, 0.29) is 5.41 Å². The van der Waals surface area contributed by atoms with Crippen molar-refractivity contribution in [1.82, 2.24) is 4.67 Å². The maximum Gasteiger partial charge on any atom is 0.191 e. The van der Waals surface area contributed by atoms with Crippen LogP contribution in [0.15, 0.2) is 29.9 Å². The molecule has 1 heterocycles. The summed E-state index contributed by atoms with van der Waals surface area (Å²) in [5.41, 5.74) is 6.56. The van der Waals surface area contributed by atoms with Crippen LogP contribution in [0.25, 0.3) is 5.57 Å². The largest absolute Gasteiger partial charge is 0.486 e. The molecule has 0 amide bonds. The van der Waals surface area contributed by atoms with Gasteiger partial charge in [-0.25, -0.2) is 0 Å². The topological polar surface area (TPSA) is 21.7 Å². The summed E-state index contributed by atoms with van der Waals surface area (Å²) in [6.45, 7) is 14.1. The number of allylic oxidation sites excluding steroid dienone is 4. The number of benzene rings is 1. The zero-order valence-corrected chi connectivity index (χ0v) is 25.6. The first-order chi connectivity index (χ1) is 17.4. The van der Waals surface area contributed by atoms with Crippen LogP contribution < -0.4 is 9.47 Å². The summed E-state index contributed by atoms with van der Waals surface area (Å²) in [4.78, 5) is 0. The number of hydrogen-bond donors (Lipinski definition) is 0. The fraction of sp³-hybridized carbons (Fsp3) is 0.688. The molecule has 4 atom stereocenters. The van der Waals surface area contributed by atoms with Crippen LogP contribution in [0.5, 0.6) is 11.5 Å². The molecular formula is C32H49N2O2Si+. The molecule has 37 heavy (non-hydrogen) atoms. The van der Waals surface area contributed by atoms with Crippen LogP contribution in [-0.4, -0.2) is 57.9 Å². The lowest BCUT2D eigenvalue weighted by Crippen LogP contribution is -2.69. The lowest BCUT2D eigenvalue weighted by atomic mass is 9.76. The van der Waals surface area contributed by atoms with Crippen LogP contribution in [0.3, 0.4) is 0 Å². The molecule has 0 saturated heterocycles. The predicted octanol–water partition coefficient (Wildman–Crippen LogP) is 7.18. The van der Waals surface area contributed by atoms with E-state index in [1.165, 1.54) is 55.2 Å². The Morgan fingerprint density at radius 1 is 0.946 bits per heavy atom. The first-order valence-corrected chi connectivity index (χ1v) is 17.9. The first kappa shape index (κ1) is 25.7. The fourth-order valence-electron chi connectivity index (χ4n) is 9.50. The van der Waals surface area contributed by atoms with E-state index in [2.05, 4.69) is 84.0 Å². The van der Waals surface area contributed by atoms with E-state index in [1.807, 2.05) is 0 Å². The molecule has 0 bridgehead atoms. The number of hydrogen-bond acceptors (Lipinski definition) is 3. The van der Waals surface area contributed by atoms with Crippen LogP contribution in [0, 0.1) is 17.8 Å². The van der Waals surface area contributed by atoms with Gasteiger partial charge in [0, 0.05) is 11.5 Å². The molecule has 0 spiro atoms. The van der Waals surface area contributed by atoms with Gasteiger partial charge in [0.25, 0.3) is 0 Å². The van der Waals surface area contributed by atoms with Crippen molar-refractivity contribution in [2.45, 2.75) is 89.4 Å². The Kier molecular flexibility index (Phi) is 6.06. The highest BCUT2D eigenvalue weighted by atomic mass is 28.3. The third kappa shape index (κ3) is 3.98. The molecule has 4 nitrogen and oxygen atoms in total. The molecule has 202 valence electrons.